The molecule has 4 nitrogen and oxygen atoms in total. The van der Waals surface area contributed by atoms with E-state index in [1.165, 1.54) is 11.3 Å². The lowest BCUT2D eigenvalue weighted by Crippen LogP contribution is -2.14. The molecule has 0 aliphatic heterocycles. The number of anilines is 2. The van der Waals surface area contributed by atoms with E-state index >= 15 is 0 Å². The van der Waals surface area contributed by atoms with Crippen LogP contribution in [0.2, 0.25) is 0 Å². The number of nitrogens with zero attached hydrogens (tertiary/aromatic N) is 1. The molecule has 4 N–H and O–H groups in total. The van der Waals surface area contributed by atoms with Crippen LogP contribution < -0.4 is 11.1 Å². The van der Waals surface area contributed by atoms with E-state index in [1.807, 2.05) is 6.92 Å². The van der Waals surface area contributed by atoms with Crippen molar-refractivity contribution in [2.24, 2.45) is 5.92 Å². The minimum atomic E-state index is 0.188. The van der Waals surface area contributed by atoms with Gasteiger partial charge >= 0.3 is 0 Å². The van der Waals surface area contributed by atoms with E-state index < -0.39 is 0 Å². The molecular formula is C7H13N3OS. The van der Waals surface area contributed by atoms with Crippen molar-refractivity contribution < 1.29 is 5.11 Å². The Hall–Kier alpha value is -0.810. The summed E-state index contributed by atoms with van der Waals surface area (Å²) in [5, 5.41) is 13.3. The molecule has 5 heteroatoms. The number of hydrogen-bond acceptors (Lipinski definition) is 5. The van der Waals surface area contributed by atoms with Crippen LogP contribution in [0.15, 0.2) is 6.20 Å². The fourth-order valence-electron chi connectivity index (χ4n) is 0.694. The lowest BCUT2D eigenvalue weighted by atomic mass is 10.2. The average molecular weight is 187 g/mol. The van der Waals surface area contributed by atoms with Gasteiger partial charge < -0.3 is 16.2 Å². The third kappa shape index (κ3) is 2.67. The second kappa shape index (κ2) is 4.27. The monoisotopic (exact) mass is 187 g/mol. The SMILES string of the molecule is CC(CO)CNc1ncc(N)s1. The van der Waals surface area contributed by atoms with Crippen LogP contribution in [0.25, 0.3) is 0 Å². The molecule has 1 aromatic heterocycles. The van der Waals surface area contributed by atoms with Gasteiger partial charge in [-0.25, -0.2) is 4.98 Å². The van der Waals surface area contributed by atoms with Gasteiger partial charge in [-0.2, -0.15) is 0 Å². The number of hydrogen-bond donors (Lipinski definition) is 3. The minimum Gasteiger partial charge on any atom is -0.396 e. The van der Waals surface area contributed by atoms with Crippen molar-refractivity contribution in [1.82, 2.24) is 4.98 Å². The maximum Gasteiger partial charge on any atom is 0.184 e. The summed E-state index contributed by atoms with van der Waals surface area (Å²) in [7, 11) is 0. The highest BCUT2D eigenvalue weighted by atomic mass is 32.1. The summed E-state index contributed by atoms with van der Waals surface area (Å²) in [5.41, 5.74) is 5.48. The molecule has 0 saturated heterocycles. The normalized spacial score (nSPS) is 12.8. The molecule has 0 fully saturated rings. The van der Waals surface area contributed by atoms with Crippen molar-refractivity contribution in [3.05, 3.63) is 6.20 Å². The summed E-state index contributed by atoms with van der Waals surface area (Å²) in [6, 6.07) is 0. The van der Waals surface area contributed by atoms with Crippen LogP contribution in [0.1, 0.15) is 6.92 Å². The molecule has 1 heterocycles. The molecule has 12 heavy (non-hydrogen) atoms. The summed E-state index contributed by atoms with van der Waals surface area (Å²) in [6.07, 6.45) is 1.62. The van der Waals surface area contributed by atoms with Crippen molar-refractivity contribution in [2.45, 2.75) is 6.92 Å². The van der Waals surface area contributed by atoms with Crippen LogP contribution in [0.3, 0.4) is 0 Å². The Morgan fingerprint density at radius 1 is 1.83 bits per heavy atom. The summed E-state index contributed by atoms with van der Waals surface area (Å²) in [4.78, 5) is 4.02. The van der Waals surface area contributed by atoms with Gasteiger partial charge in [-0.1, -0.05) is 18.3 Å². The van der Waals surface area contributed by atoms with E-state index in [0.717, 1.165) is 11.7 Å². The van der Waals surface area contributed by atoms with Crippen LogP contribution in [-0.2, 0) is 0 Å². The number of nitrogens with one attached hydrogen (secondary N) is 1. The van der Waals surface area contributed by atoms with Crippen LogP contribution in [0, 0.1) is 5.92 Å². The molecule has 1 aromatic rings. The van der Waals surface area contributed by atoms with E-state index in [-0.39, 0.29) is 12.5 Å². The molecule has 1 unspecified atom stereocenters. The second-order valence-electron chi connectivity index (χ2n) is 2.74. The van der Waals surface area contributed by atoms with Gasteiger partial charge in [0.1, 0.15) is 5.00 Å². The first kappa shape index (κ1) is 9.28. The Bertz CT molecular complexity index is 238. The van der Waals surface area contributed by atoms with Gasteiger partial charge in [0, 0.05) is 13.2 Å². The van der Waals surface area contributed by atoms with E-state index in [2.05, 4.69) is 10.3 Å². The third-order valence-electron chi connectivity index (χ3n) is 1.44. The molecule has 0 saturated carbocycles. The summed E-state index contributed by atoms with van der Waals surface area (Å²) in [5.74, 6) is 0.245. The summed E-state index contributed by atoms with van der Waals surface area (Å²) < 4.78 is 0. The molecular weight excluding hydrogens is 174 g/mol. The molecule has 0 bridgehead atoms. The van der Waals surface area contributed by atoms with E-state index in [9.17, 15) is 0 Å². The fourth-order valence-corrected chi connectivity index (χ4v) is 1.28. The lowest BCUT2D eigenvalue weighted by Gasteiger charge is -2.07. The number of aromatic nitrogens is 1. The number of nitrogens with two attached hydrogens (primary N) is 1. The number of aliphatic hydroxyl groups excluding tert-OH is 1. The van der Waals surface area contributed by atoms with E-state index in [0.29, 0.717) is 5.00 Å². The van der Waals surface area contributed by atoms with Crippen LogP contribution in [0.4, 0.5) is 10.1 Å². The largest absolute Gasteiger partial charge is 0.396 e. The Morgan fingerprint density at radius 3 is 3.08 bits per heavy atom. The van der Waals surface area contributed by atoms with E-state index in [4.69, 9.17) is 10.8 Å². The average Bonchev–Trinajstić information content (AvgIpc) is 2.47. The zero-order valence-electron chi connectivity index (χ0n) is 6.95. The zero-order valence-corrected chi connectivity index (χ0v) is 7.77. The Balaban J connectivity index is 2.33. The first-order valence-electron chi connectivity index (χ1n) is 3.78. The zero-order chi connectivity index (χ0) is 8.97. The van der Waals surface area contributed by atoms with Gasteiger partial charge in [-0.05, 0) is 5.92 Å². The van der Waals surface area contributed by atoms with Crippen molar-refractivity contribution in [1.29, 1.82) is 0 Å². The third-order valence-corrected chi connectivity index (χ3v) is 2.22. The van der Waals surface area contributed by atoms with Gasteiger partial charge in [0.25, 0.3) is 0 Å². The molecule has 0 aliphatic rings. The maximum absolute atomic E-state index is 8.74. The Labute approximate surface area is 75.4 Å². The number of thiazole rings is 1. The van der Waals surface area contributed by atoms with Gasteiger partial charge in [0.2, 0.25) is 0 Å². The highest BCUT2D eigenvalue weighted by Gasteiger charge is 2.01. The molecule has 68 valence electrons. The smallest absolute Gasteiger partial charge is 0.184 e. The summed E-state index contributed by atoms with van der Waals surface area (Å²) in [6.45, 7) is 2.88. The highest BCUT2D eigenvalue weighted by Crippen LogP contribution is 2.19. The van der Waals surface area contributed by atoms with Crippen LogP contribution in [-0.4, -0.2) is 23.2 Å². The lowest BCUT2D eigenvalue weighted by molar-refractivity contribution is 0.244. The highest BCUT2D eigenvalue weighted by molar-refractivity contribution is 7.19. The van der Waals surface area contributed by atoms with Crippen molar-refractivity contribution >= 4 is 21.5 Å². The Kier molecular flexibility index (Phi) is 3.31. The maximum atomic E-state index is 8.74. The minimum absolute atomic E-state index is 0.188. The van der Waals surface area contributed by atoms with Crippen LogP contribution >= 0.6 is 11.3 Å². The van der Waals surface area contributed by atoms with E-state index in [1.54, 1.807) is 6.20 Å². The van der Waals surface area contributed by atoms with Gasteiger partial charge in [-0.3, -0.25) is 0 Å². The standard InChI is InChI=1S/C7H13N3OS/c1-5(4-11)2-9-7-10-3-6(8)12-7/h3,5,11H,2,4,8H2,1H3,(H,9,10). The second-order valence-corrected chi connectivity index (χ2v) is 3.80. The Morgan fingerprint density at radius 2 is 2.58 bits per heavy atom. The molecule has 1 rings (SSSR count). The molecule has 0 aromatic carbocycles. The number of nitrogen functional groups attached to an aromatic ring is 1. The predicted molar refractivity (Wildman–Crippen MR) is 51.3 cm³/mol. The number of rotatable bonds is 4. The predicted octanol–water partition coefficient (Wildman–Crippen LogP) is 0.766. The van der Waals surface area contributed by atoms with Gasteiger partial charge in [0.15, 0.2) is 5.13 Å². The molecule has 0 spiro atoms. The van der Waals surface area contributed by atoms with Gasteiger partial charge in [0.05, 0.1) is 6.20 Å². The fraction of sp³-hybridized carbons (Fsp3) is 0.571. The van der Waals surface area contributed by atoms with Crippen molar-refractivity contribution in [3.8, 4) is 0 Å². The van der Waals surface area contributed by atoms with Gasteiger partial charge in [-0.15, -0.1) is 0 Å². The molecule has 1 atom stereocenters. The summed E-state index contributed by atoms with van der Waals surface area (Å²) >= 11 is 1.41. The first-order valence-corrected chi connectivity index (χ1v) is 4.60. The van der Waals surface area contributed by atoms with Crippen LogP contribution in [0.5, 0.6) is 0 Å². The van der Waals surface area contributed by atoms with Crippen molar-refractivity contribution in [2.75, 3.05) is 24.2 Å². The molecule has 0 radical (unpaired) electrons. The number of aliphatic hydroxyl groups is 1. The quantitative estimate of drug-likeness (QED) is 0.651. The van der Waals surface area contributed by atoms with Crippen molar-refractivity contribution in [3.63, 3.8) is 0 Å². The topological polar surface area (TPSA) is 71.2 Å². The molecule has 0 aliphatic carbocycles. The first-order chi connectivity index (χ1) is 5.72. The molecule has 0 amide bonds.